The van der Waals surface area contributed by atoms with E-state index in [1.807, 2.05) is 0 Å². The molecule has 2 saturated heterocycles. The monoisotopic (exact) mass is 342 g/mol. The number of fused-ring (bicyclic) bond motifs is 2. The van der Waals surface area contributed by atoms with Crippen molar-refractivity contribution in [3.63, 3.8) is 0 Å². The zero-order chi connectivity index (χ0) is 16.4. The molecule has 4 heterocycles. The Morgan fingerprint density at radius 3 is 3.13 bits per heavy atom. The molecule has 0 aromatic carbocycles. The molecule has 2 aliphatic rings. The minimum absolute atomic E-state index is 0.0257. The summed E-state index contributed by atoms with van der Waals surface area (Å²) >= 11 is 0. The number of nitrogens with zero attached hydrogens (tertiary/aromatic N) is 2. The van der Waals surface area contributed by atoms with E-state index in [0.29, 0.717) is 11.0 Å². The van der Waals surface area contributed by atoms with Crippen LogP contribution >= 0.6 is 7.82 Å². The van der Waals surface area contributed by atoms with Gasteiger partial charge in [0.2, 0.25) is 0 Å². The SMILES string of the molecule is B[PH]1(O)OC[C@H]2OC(n3ccc4c(=O)[nH]c(N)nc43)C(O)[C@@H]2O1. The van der Waals surface area contributed by atoms with E-state index in [0.717, 1.165) is 0 Å². The summed E-state index contributed by atoms with van der Waals surface area (Å²) in [5.41, 5.74) is 5.52. The van der Waals surface area contributed by atoms with Crippen molar-refractivity contribution in [2.45, 2.75) is 24.5 Å². The summed E-state index contributed by atoms with van der Waals surface area (Å²) in [6.45, 7) is 0.132. The molecular formula is C11H16BN4O6P. The van der Waals surface area contributed by atoms with Gasteiger partial charge in [0.15, 0.2) is 0 Å². The fourth-order valence-corrected chi connectivity index (χ4v) is 4.36. The van der Waals surface area contributed by atoms with E-state index in [9.17, 15) is 14.8 Å². The van der Waals surface area contributed by atoms with Crippen LogP contribution in [0.4, 0.5) is 5.95 Å². The van der Waals surface area contributed by atoms with E-state index in [4.69, 9.17) is 19.5 Å². The number of nitrogen functional groups attached to an aromatic ring is 1. The number of ether oxygens (including phenoxy) is 1. The van der Waals surface area contributed by atoms with Crippen LogP contribution in [0.2, 0.25) is 0 Å². The molecule has 10 nitrogen and oxygen atoms in total. The molecular weight excluding hydrogens is 326 g/mol. The van der Waals surface area contributed by atoms with Crippen molar-refractivity contribution in [1.82, 2.24) is 14.5 Å². The van der Waals surface area contributed by atoms with Gasteiger partial charge in [-0.25, -0.2) is 0 Å². The number of aliphatic hydroxyl groups excluding tert-OH is 1. The summed E-state index contributed by atoms with van der Waals surface area (Å²) in [5, 5.41) is 10.9. The Labute approximate surface area is 131 Å². The van der Waals surface area contributed by atoms with E-state index in [1.165, 1.54) is 12.1 Å². The molecule has 4 rings (SSSR count). The van der Waals surface area contributed by atoms with Crippen molar-refractivity contribution in [2.75, 3.05) is 12.3 Å². The van der Waals surface area contributed by atoms with Gasteiger partial charge in [-0.3, -0.25) is 0 Å². The number of aromatic amines is 1. The van der Waals surface area contributed by atoms with Crippen LogP contribution in [0.3, 0.4) is 0 Å². The second-order valence-corrected chi connectivity index (χ2v) is 8.08. The first-order valence-corrected chi connectivity index (χ1v) is 9.36. The molecule has 4 atom stereocenters. The standard InChI is InChI=1S/C11H16BN4O6P/c12-23(19)20-3-5-7(22-23)6(17)10(21-5)16-2-1-4-8(16)14-11(13)15-9(4)18/h1-2,5-7,10,17,19,23H,3,12H2,(H3,13,14,15,18)/t5-,6?,7-,10?/m1/s1. The van der Waals surface area contributed by atoms with Crippen LogP contribution in [0.1, 0.15) is 6.23 Å². The van der Waals surface area contributed by atoms with Crippen molar-refractivity contribution >= 4 is 32.4 Å². The summed E-state index contributed by atoms with van der Waals surface area (Å²) in [7, 11) is -1.76. The molecule has 23 heavy (non-hydrogen) atoms. The van der Waals surface area contributed by atoms with Gasteiger partial charge in [0, 0.05) is 0 Å². The average Bonchev–Trinajstić information content (AvgIpc) is 3.00. The molecule has 2 aromatic rings. The topological polar surface area (TPSA) is 145 Å². The second-order valence-electron chi connectivity index (χ2n) is 5.76. The van der Waals surface area contributed by atoms with Crippen molar-refractivity contribution in [2.24, 2.45) is 0 Å². The van der Waals surface area contributed by atoms with Gasteiger partial charge >= 0.3 is 130 Å². The third-order valence-corrected chi connectivity index (χ3v) is 5.47. The van der Waals surface area contributed by atoms with Crippen molar-refractivity contribution in [1.29, 1.82) is 0 Å². The van der Waals surface area contributed by atoms with E-state index in [1.54, 1.807) is 12.3 Å². The third-order valence-electron chi connectivity index (χ3n) is 4.05. The molecule has 0 saturated carbocycles. The van der Waals surface area contributed by atoms with Gasteiger partial charge in [-0.2, -0.15) is 0 Å². The number of hydrogen-bond acceptors (Lipinski definition) is 8. The minimum atomic E-state index is -3.24. The predicted molar refractivity (Wildman–Crippen MR) is 84.6 cm³/mol. The molecule has 0 aliphatic carbocycles. The first kappa shape index (κ1) is 15.1. The number of aliphatic hydroxyl groups is 1. The van der Waals surface area contributed by atoms with Gasteiger partial charge in [-0.05, 0) is 0 Å². The average molecular weight is 342 g/mol. The molecule has 5 N–H and O–H groups in total. The maximum atomic E-state index is 11.9. The van der Waals surface area contributed by atoms with Crippen LogP contribution in [-0.2, 0) is 13.8 Å². The van der Waals surface area contributed by atoms with E-state index < -0.39 is 32.4 Å². The molecule has 2 unspecified atom stereocenters. The molecule has 0 radical (unpaired) electrons. The van der Waals surface area contributed by atoms with Crippen molar-refractivity contribution < 1.29 is 23.8 Å². The van der Waals surface area contributed by atoms with Crippen LogP contribution in [0.15, 0.2) is 17.1 Å². The third kappa shape index (κ3) is 2.37. The van der Waals surface area contributed by atoms with Gasteiger partial charge in [-0.15, -0.1) is 0 Å². The Kier molecular flexibility index (Phi) is 3.28. The first-order chi connectivity index (χ1) is 10.9. The number of rotatable bonds is 1. The van der Waals surface area contributed by atoms with Crippen LogP contribution < -0.4 is 11.3 Å². The van der Waals surface area contributed by atoms with E-state index in [-0.39, 0.29) is 18.1 Å². The molecule has 124 valence electrons. The Bertz CT molecular complexity index is 824. The van der Waals surface area contributed by atoms with Crippen molar-refractivity contribution in [3.05, 3.63) is 22.6 Å². The molecule has 0 amide bonds. The number of hydrogen-bond donors (Lipinski definition) is 4. The van der Waals surface area contributed by atoms with Gasteiger partial charge in [-0.1, -0.05) is 0 Å². The van der Waals surface area contributed by atoms with Crippen LogP contribution in [0.25, 0.3) is 11.0 Å². The molecule has 2 aliphatic heterocycles. The van der Waals surface area contributed by atoms with Crippen LogP contribution in [-0.4, -0.2) is 57.0 Å². The first-order valence-electron chi connectivity index (χ1n) is 7.10. The Hall–Kier alpha value is -1.49. The van der Waals surface area contributed by atoms with Gasteiger partial charge in [0.05, 0.1) is 0 Å². The fraction of sp³-hybridized carbons (Fsp3) is 0.455. The zero-order valence-corrected chi connectivity index (χ0v) is 13.2. The number of aromatic nitrogens is 3. The Morgan fingerprint density at radius 2 is 2.35 bits per heavy atom. The molecule has 2 aromatic heterocycles. The van der Waals surface area contributed by atoms with Crippen LogP contribution in [0.5, 0.6) is 0 Å². The summed E-state index contributed by atoms with van der Waals surface area (Å²) in [6, 6.07) is 1.57. The number of nitrogens with one attached hydrogen (secondary N) is 1. The molecule has 2 fully saturated rings. The van der Waals surface area contributed by atoms with Crippen LogP contribution in [0, 0.1) is 0 Å². The summed E-state index contributed by atoms with van der Waals surface area (Å²) in [5.74, 6) is -0.0257. The molecule has 12 heteroatoms. The maximum absolute atomic E-state index is 11.9. The molecule has 0 bridgehead atoms. The zero-order valence-electron chi connectivity index (χ0n) is 12.2. The number of anilines is 1. The van der Waals surface area contributed by atoms with Crippen molar-refractivity contribution in [3.8, 4) is 0 Å². The fourth-order valence-electron chi connectivity index (χ4n) is 3.02. The van der Waals surface area contributed by atoms with E-state index in [2.05, 4.69) is 9.97 Å². The summed E-state index contributed by atoms with van der Waals surface area (Å²) < 4.78 is 18.0. The summed E-state index contributed by atoms with van der Waals surface area (Å²) in [4.78, 5) is 28.3. The molecule has 0 spiro atoms. The normalized spacial score (nSPS) is 34.3. The quantitative estimate of drug-likeness (QED) is 0.345. The summed E-state index contributed by atoms with van der Waals surface area (Å²) in [6.07, 6.45) is -1.48. The second kappa shape index (κ2) is 5.00. The van der Waals surface area contributed by atoms with Gasteiger partial charge < -0.3 is 0 Å². The number of nitrogens with two attached hydrogens (primary N) is 1. The number of H-pyrrole nitrogens is 1. The Balaban J connectivity index is 1.73. The Morgan fingerprint density at radius 1 is 1.57 bits per heavy atom. The predicted octanol–water partition coefficient (Wildman–Crippen LogP) is -1.98. The van der Waals surface area contributed by atoms with E-state index >= 15 is 0 Å². The van der Waals surface area contributed by atoms with Gasteiger partial charge in [0.1, 0.15) is 0 Å². The van der Waals surface area contributed by atoms with Gasteiger partial charge in [0.25, 0.3) is 0 Å².